The number of hydrogen-bond acceptors (Lipinski definition) is 4. The summed E-state index contributed by atoms with van der Waals surface area (Å²) in [7, 11) is 0. The zero-order valence-corrected chi connectivity index (χ0v) is 13.2. The summed E-state index contributed by atoms with van der Waals surface area (Å²) in [5.41, 5.74) is 2.12. The van der Waals surface area contributed by atoms with Crippen LogP contribution in [-0.4, -0.2) is 61.1 Å². The van der Waals surface area contributed by atoms with Gasteiger partial charge in [0.2, 0.25) is 5.91 Å². The third kappa shape index (κ3) is 4.38. The molecule has 0 saturated carbocycles. The fraction of sp³-hybridized carbons (Fsp3) is 0.500. The average molecular weight is 305 g/mol. The summed E-state index contributed by atoms with van der Waals surface area (Å²) >= 11 is 0. The lowest BCUT2D eigenvalue weighted by Gasteiger charge is -2.34. The highest BCUT2D eigenvalue weighted by molar-refractivity contribution is 5.81. The maximum Gasteiger partial charge on any atom is 0.409 e. The molecule has 6 heteroatoms. The smallest absolute Gasteiger partial charge is 0.409 e. The highest BCUT2D eigenvalue weighted by Crippen LogP contribution is 2.09. The molecular weight excluding hydrogens is 282 g/mol. The average Bonchev–Trinajstić information content (AvgIpc) is 2.54. The molecule has 6 nitrogen and oxygen atoms in total. The molecule has 1 N–H and O–H groups in total. The maximum absolute atomic E-state index is 12.2. The predicted octanol–water partition coefficient (Wildman–Crippen LogP) is 1.71. The number of ether oxygens (including phenoxy) is 1. The van der Waals surface area contributed by atoms with Crippen LogP contribution >= 0.6 is 0 Å². The molecule has 0 aliphatic carbocycles. The number of hydrogen-bond donors (Lipinski definition) is 1. The Morgan fingerprint density at radius 1 is 1.09 bits per heavy atom. The Morgan fingerprint density at radius 3 is 2.27 bits per heavy atom. The molecule has 0 bridgehead atoms. The maximum atomic E-state index is 12.2. The number of rotatable bonds is 4. The van der Waals surface area contributed by atoms with Gasteiger partial charge in [-0.1, -0.05) is 17.7 Å². The van der Waals surface area contributed by atoms with Crippen molar-refractivity contribution in [3.05, 3.63) is 29.8 Å². The fourth-order valence-electron chi connectivity index (χ4n) is 2.31. The van der Waals surface area contributed by atoms with E-state index in [0.29, 0.717) is 32.8 Å². The van der Waals surface area contributed by atoms with Crippen molar-refractivity contribution in [3.8, 4) is 0 Å². The van der Waals surface area contributed by atoms with Gasteiger partial charge in [-0.15, -0.1) is 0 Å². The van der Waals surface area contributed by atoms with Crippen LogP contribution in [0.4, 0.5) is 10.5 Å². The van der Waals surface area contributed by atoms with Crippen molar-refractivity contribution in [2.75, 3.05) is 44.6 Å². The van der Waals surface area contributed by atoms with Gasteiger partial charge >= 0.3 is 6.09 Å². The largest absolute Gasteiger partial charge is 0.450 e. The second-order valence-electron chi connectivity index (χ2n) is 5.29. The van der Waals surface area contributed by atoms with Crippen LogP contribution in [0.2, 0.25) is 0 Å². The van der Waals surface area contributed by atoms with Gasteiger partial charge in [-0.2, -0.15) is 0 Å². The second kappa shape index (κ2) is 7.68. The number of amides is 2. The minimum absolute atomic E-state index is 0.0454. The van der Waals surface area contributed by atoms with Crippen LogP contribution in [0, 0.1) is 6.92 Å². The standard InChI is InChI=1S/C16H23N3O3/c1-3-22-16(21)19-10-8-18(9-11-19)15(20)12-17-14-6-4-13(2)5-7-14/h4-7,17H,3,8-12H2,1-2H3. The molecule has 1 heterocycles. The number of carbonyl (C=O) groups is 2. The zero-order chi connectivity index (χ0) is 15.9. The molecule has 2 amide bonds. The van der Waals surface area contributed by atoms with Gasteiger partial charge in [0.1, 0.15) is 0 Å². The van der Waals surface area contributed by atoms with Crippen molar-refractivity contribution in [1.29, 1.82) is 0 Å². The zero-order valence-electron chi connectivity index (χ0n) is 13.2. The van der Waals surface area contributed by atoms with Gasteiger partial charge in [0.15, 0.2) is 0 Å². The Morgan fingerprint density at radius 2 is 1.68 bits per heavy atom. The Kier molecular flexibility index (Phi) is 5.63. The number of anilines is 1. The van der Waals surface area contributed by atoms with E-state index in [0.717, 1.165) is 5.69 Å². The van der Waals surface area contributed by atoms with Gasteiger partial charge in [-0.25, -0.2) is 4.79 Å². The topological polar surface area (TPSA) is 61.9 Å². The van der Waals surface area contributed by atoms with E-state index < -0.39 is 0 Å². The van der Waals surface area contributed by atoms with Crippen LogP contribution < -0.4 is 5.32 Å². The Labute approximate surface area is 131 Å². The van der Waals surface area contributed by atoms with E-state index in [4.69, 9.17) is 4.74 Å². The first-order chi connectivity index (χ1) is 10.6. The molecule has 0 aromatic heterocycles. The molecule has 0 unspecified atom stereocenters. The normalized spacial score (nSPS) is 14.6. The number of nitrogens with zero attached hydrogens (tertiary/aromatic N) is 2. The number of piperazine rings is 1. The molecule has 1 aromatic rings. The molecule has 1 aliphatic heterocycles. The Hall–Kier alpha value is -2.24. The second-order valence-corrected chi connectivity index (χ2v) is 5.29. The summed E-state index contributed by atoms with van der Waals surface area (Å²) in [6, 6.07) is 7.93. The van der Waals surface area contributed by atoms with Crippen LogP contribution in [-0.2, 0) is 9.53 Å². The molecule has 1 aliphatic rings. The number of carbonyl (C=O) groups excluding carboxylic acids is 2. The molecule has 1 saturated heterocycles. The number of nitrogens with one attached hydrogen (secondary N) is 1. The van der Waals surface area contributed by atoms with Gasteiger partial charge in [0, 0.05) is 31.9 Å². The third-order valence-corrected chi connectivity index (χ3v) is 3.65. The molecule has 1 fully saturated rings. The Bertz CT molecular complexity index is 508. The van der Waals surface area contributed by atoms with E-state index in [9.17, 15) is 9.59 Å². The van der Waals surface area contributed by atoms with Crippen LogP contribution in [0.1, 0.15) is 12.5 Å². The molecule has 0 radical (unpaired) electrons. The quantitative estimate of drug-likeness (QED) is 0.920. The highest BCUT2D eigenvalue weighted by Gasteiger charge is 2.24. The fourth-order valence-corrected chi connectivity index (χ4v) is 2.31. The predicted molar refractivity (Wildman–Crippen MR) is 84.8 cm³/mol. The number of benzene rings is 1. The Balaban J connectivity index is 1.75. The molecule has 2 rings (SSSR count). The molecule has 0 atom stereocenters. The summed E-state index contributed by atoms with van der Waals surface area (Å²) in [6.45, 7) is 6.60. The third-order valence-electron chi connectivity index (χ3n) is 3.65. The molecule has 0 spiro atoms. The lowest BCUT2D eigenvalue weighted by Crippen LogP contribution is -2.51. The van der Waals surface area contributed by atoms with Gasteiger partial charge < -0.3 is 19.9 Å². The summed E-state index contributed by atoms with van der Waals surface area (Å²) in [5, 5.41) is 3.13. The van der Waals surface area contributed by atoms with Crippen molar-refractivity contribution in [2.45, 2.75) is 13.8 Å². The van der Waals surface area contributed by atoms with Crippen LogP contribution in [0.3, 0.4) is 0 Å². The van der Waals surface area contributed by atoms with E-state index in [1.807, 2.05) is 31.2 Å². The van der Waals surface area contributed by atoms with Crippen LogP contribution in [0.25, 0.3) is 0 Å². The molecule has 120 valence electrons. The summed E-state index contributed by atoms with van der Waals surface area (Å²) < 4.78 is 4.96. The van der Waals surface area contributed by atoms with E-state index >= 15 is 0 Å². The number of aryl methyl sites for hydroxylation is 1. The van der Waals surface area contributed by atoms with Gasteiger partial charge in [0.05, 0.1) is 13.2 Å². The first kappa shape index (κ1) is 16.1. The van der Waals surface area contributed by atoms with Gasteiger partial charge in [-0.3, -0.25) is 4.79 Å². The van der Waals surface area contributed by atoms with Crippen molar-refractivity contribution in [3.63, 3.8) is 0 Å². The lowest BCUT2D eigenvalue weighted by atomic mass is 10.2. The van der Waals surface area contributed by atoms with Crippen molar-refractivity contribution < 1.29 is 14.3 Å². The van der Waals surface area contributed by atoms with E-state index in [2.05, 4.69) is 5.32 Å². The van der Waals surface area contributed by atoms with Crippen LogP contribution in [0.5, 0.6) is 0 Å². The van der Waals surface area contributed by atoms with Crippen molar-refractivity contribution in [2.24, 2.45) is 0 Å². The summed E-state index contributed by atoms with van der Waals surface area (Å²) in [6.07, 6.45) is -0.299. The monoisotopic (exact) mass is 305 g/mol. The first-order valence-electron chi connectivity index (χ1n) is 7.60. The first-order valence-corrected chi connectivity index (χ1v) is 7.60. The highest BCUT2D eigenvalue weighted by atomic mass is 16.6. The van der Waals surface area contributed by atoms with E-state index in [1.165, 1.54) is 5.56 Å². The minimum Gasteiger partial charge on any atom is -0.450 e. The molecular formula is C16H23N3O3. The van der Waals surface area contributed by atoms with Crippen LogP contribution in [0.15, 0.2) is 24.3 Å². The van der Waals surface area contributed by atoms with E-state index in [1.54, 1.807) is 16.7 Å². The van der Waals surface area contributed by atoms with Gasteiger partial charge in [-0.05, 0) is 26.0 Å². The molecule has 1 aromatic carbocycles. The van der Waals surface area contributed by atoms with Gasteiger partial charge in [0.25, 0.3) is 0 Å². The SMILES string of the molecule is CCOC(=O)N1CCN(C(=O)CNc2ccc(C)cc2)CC1. The summed E-state index contributed by atoms with van der Waals surface area (Å²) in [4.78, 5) is 27.2. The van der Waals surface area contributed by atoms with E-state index in [-0.39, 0.29) is 18.5 Å². The van der Waals surface area contributed by atoms with Crippen molar-refractivity contribution >= 4 is 17.7 Å². The minimum atomic E-state index is -0.299. The summed E-state index contributed by atoms with van der Waals surface area (Å²) in [5.74, 6) is 0.0454. The van der Waals surface area contributed by atoms with Crippen molar-refractivity contribution in [1.82, 2.24) is 9.80 Å². The lowest BCUT2D eigenvalue weighted by molar-refractivity contribution is -0.130. The molecule has 22 heavy (non-hydrogen) atoms.